The van der Waals surface area contributed by atoms with Gasteiger partial charge < -0.3 is 14.7 Å². The van der Waals surface area contributed by atoms with E-state index in [1.54, 1.807) is 0 Å². The lowest BCUT2D eigenvalue weighted by Gasteiger charge is -2.29. The van der Waals surface area contributed by atoms with Crippen LogP contribution in [0.4, 0.5) is 22.7 Å². The fraction of sp³-hybridized carbons (Fsp3) is 0.179. The average molecular weight is 681 g/mol. The van der Waals surface area contributed by atoms with E-state index < -0.39 is 0 Å². The first-order chi connectivity index (χ1) is 22.5. The molecule has 1 aliphatic carbocycles. The molecule has 0 aromatic heterocycles. The van der Waals surface area contributed by atoms with E-state index in [0.29, 0.717) is 0 Å². The highest BCUT2D eigenvalue weighted by molar-refractivity contribution is 8.03. The van der Waals surface area contributed by atoms with Crippen LogP contribution in [0, 0.1) is 0 Å². The molecule has 3 aliphatic rings. The molecule has 7 rings (SSSR count). The zero-order valence-corrected chi connectivity index (χ0v) is 29.0. The molecule has 3 nitrogen and oxygen atoms in total. The van der Waals surface area contributed by atoms with E-state index in [4.69, 9.17) is 23.2 Å². The van der Waals surface area contributed by atoms with Gasteiger partial charge in [0.15, 0.2) is 0 Å². The number of hydrogen-bond donors (Lipinski definition) is 0. The highest BCUT2D eigenvalue weighted by Crippen LogP contribution is 2.48. The molecule has 0 saturated heterocycles. The standard InChI is InChI=1S/C39H35Cl2N3S2/c1-3-42-33-25-29(40)19-21-35(33)45-37(42)23-17-27-15-16-28(18-24-38-43(4-2)34-26-30(41)20-22-36(34)46-38)39(27)44(31-11-7-5-8-12-31)32-13-9-6-10-14-32/h5-14,17-26,37H,3-4,15-16H2,1-2H3/b23-17+,28-18+,38-24-. The number of halogens is 2. The second-order valence-corrected chi connectivity index (χ2v) is 14.4. The minimum atomic E-state index is 0.211. The Morgan fingerprint density at radius 3 is 2.07 bits per heavy atom. The first kappa shape index (κ1) is 31.1. The zero-order chi connectivity index (χ0) is 31.6. The molecule has 7 heteroatoms. The van der Waals surface area contributed by atoms with Crippen molar-refractivity contribution in [3.63, 3.8) is 0 Å². The number of thioether (sulfide) groups is 2. The summed E-state index contributed by atoms with van der Waals surface area (Å²) in [5.74, 6) is 0. The minimum Gasteiger partial charge on any atom is -0.355 e. The van der Waals surface area contributed by atoms with Gasteiger partial charge in [0, 0.05) is 44.3 Å². The van der Waals surface area contributed by atoms with Gasteiger partial charge in [-0.1, -0.05) is 101 Å². The molecule has 46 heavy (non-hydrogen) atoms. The van der Waals surface area contributed by atoms with Crippen LogP contribution in [0.1, 0.15) is 26.7 Å². The van der Waals surface area contributed by atoms with Crippen molar-refractivity contribution >= 4 is 69.5 Å². The van der Waals surface area contributed by atoms with Crippen molar-refractivity contribution in [2.45, 2.75) is 41.9 Å². The number of rotatable bonds is 8. The Balaban J connectivity index is 1.31. The zero-order valence-electron chi connectivity index (χ0n) is 25.9. The molecule has 1 atom stereocenters. The molecule has 0 bridgehead atoms. The lowest BCUT2D eigenvalue weighted by atomic mass is 10.1. The van der Waals surface area contributed by atoms with Crippen molar-refractivity contribution in [1.29, 1.82) is 0 Å². The van der Waals surface area contributed by atoms with Crippen molar-refractivity contribution in [3.05, 3.63) is 153 Å². The van der Waals surface area contributed by atoms with E-state index in [1.165, 1.54) is 43.0 Å². The molecule has 2 heterocycles. The summed E-state index contributed by atoms with van der Waals surface area (Å²) in [6.07, 6.45) is 11.3. The Morgan fingerprint density at radius 2 is 1.41 bits per heavy atom. The van der Waals surface area contributed by atoms with Crippen LogP contribution in [0.3, 0.4) is 0 Å². The molecule has 0 fully saturated rings. The summed E-state index contributed by atoms with van der Waals surface area (Å²) in [6.45, 7) is 6.21. The van der Waals surface area contributed by atoms with Gasteiger partial charge in [-0.3, -0.25) is 0 Å². The molecule has 0 radical (unpaired) electrons. The fourth-order valence-electron chi connectivity index (χ4n) is 6.42. The van der Waals surface area contributed by atoms with Gasteiger partial charge in [-0.2, -0.15) is 0 Å². The predicted octanol–water partition coefficient (Wildman–Crippen LogP) is 12.1. The monoisotopic (exact) mass is 679 g/mol. The van der Waals surface area contributed by atoms with Gasteiger partial charge in [-0.05, 0) is 105 Å². The molecule has 0 N–H and O–H groups in total. The SMILES string of the molecule is CCN1/C(=C/C=C2\CCC(/C=C/C3Sc4ccc(Cl)cc4N3CC)=C2N(c2ccccc2)c2ccccc2)Sc2ccc(Cl)cc21. The number of benzene rings is 4. The van der Waals surface area contributed by atoms with Gasteiger partial charge >= 0.3 is 0 Å². The molecule has 2 aliphatic heterocycles. The lowest BCUT2D eigenvalue weighted by Crippen LogP contribution is -2.27. The summed E-state index contributed by atoms with van der Waals surface area (Å²) in [4.78, 5) is 9.74. The van der Waals surface area contributed by atoms with Gasteiger partial charge in [0.1, 0.15) is 0 Å². The normalized spacial score (nSPS) is 19.2. The summed E-state index contributed by atoms with van der Waals surface area (Å²) in [5.41, 5.74) is 8.61. The van der Waals surface area contributed by atoms with Crippen LogP contribution in [0.2, 0.25) is 10.0 Å². The third-order valence-corrected chi connectivity index (χ3v) is 11.4. The molecule has 0 spiro atoms. The Bertz CT molecular complexity index is 1830. The molecule has 0 amide bonds. The first-order valence-electron chi connectivity index (χ1n) is 15.7. The number of allylic oxidation sites excluding steroid dienone is 5. The van der Waals surface area contributed by atoms with Crippen LogP contribution in [0.25, 0.3) is 0 Å². The maximum atomic E-state index is 6.40. The van der Waals surface area contributed by atoms with Crippen LogP contribution >= 0.6 is 46.7 Å². The largest absolute Gasteiger partial charge is 0.355 e. The minimum absolute atomic E-state index is 0.211. The number of hydrogen-bond acceptors (Lipinski definition) is 5. The molecule has 232 valence electrons. The van der Waals surface area contributed by atoms with Crippen molar-refractivity contribution in [2.75, 3.05) is 27.8 Å². The summed E-state index contributed by atoms with van der Waals surface area (Å²) in [7, 11) is 0. The quantitative estimate of drug-likeness (QED) is 0.183. The van der Waals surface area contributed by atoms with Crippen LogP contribution in [0.5, 0.6) is 0 Å². The highest BCUT2D eigenvalue weighted by atomic mass is 35.5. The summed E-state index contributed by atoms with van der Waals surface area (Å²) in [6, 6.07) is 33.9. The fourth-order valence-corrected chi connectivity index (χ4v) is 9.11. The number of likely N-dealkylation sites (N-methyl/N-ethyl adjacent to an activating group) is 1. The molecular formula is C39H35Cl2N3S2. The van der Waals surface area contributed by atoms with Crippen molar-refractivity contribution in [1.82, 2.24) is 0 Å². The maximum Gasteiger partial charge on any atom is 0.0985 e. The molecule has 0 saturated carbocycles. The van der Waals surface area contributed by atoms with Crippen molar-refractivity contribution < 1.29 is 0 Å². The topological polar surface area (TPSA) is 9.72 Å². The average Bonchev–Trinajstić information content (AvgIpc) is 3.75. The summed E-state index contributed by atoms with van der Waals surface area (Å²) >= 11 is 16.5. The second kappa shape index (κ2) is 13.7. The molecule has 1 unspecified atom stereocenters. The Kier molecular flexibility index (Phi) is 9.28. The van der Waals surface area contributed by atoms with Crippen molar-refractivity contribution in [2.24, 2.45) is 0 Å². The van der Waals surface area contributed by atoms with Crippen LogP contribution in [-0.4, -0.2) is 18.5 Å². The van der Waals surface area contributed by atoms with Gasteiger partial charge in [-0.15, -0.1) is 0 Å². The van der Waals surface area contributed by atoms with Crippen LogP contribution < -0.4 is 14.7 Å². The number of fused-ring (bicyclic) bond motifs is 2. The van der Waals surface area contributed by atoms with Gasteiger partial charge in [-0.25, -0.2) is 0 Å². The molecular weight excluding hydrogens is 645 g/mol. The first-order valence-corrected chi connectivity index (χ1v) is 18.2. The molecule has 4 aromatic carbocycles. The highest BCUT2D eigenvalue weighted by Gasteiger charge is 2.30. The second-order valence-electron chi connectivity index (χ2n) is 11.3. The van der Waals surface area contributed by atoms with E-state index in [2.05, 4.69) is 138 Å². The van der Waals surface area contributed by atoms with E-state index >= 15 is 0 Å². The van der Waals surface area contributed by atoms with E-state index in [-0.39, 0.29) is 5.37 Å². The van der Waals surface area contributed by atoms with E-state index in [0.717, 1.165) is 47.4 Å². The maximum absolute atomic E-state index is 6.40. The molecule has 4 aromatic rings. The lowest BCUT2D eigenvalue weighted by molar-refractivity contribution is 0.876. The Morgan fingerprint density at radius 1 is 0.761 bits per heavy atom. The Hall–Kier alpha value is -3.48. The van der Waals surface area contributed by atoms with Crippen LogP contribution in [-0.2, 0) is 0 Å². The van der Waals surface area contributed by atoms with Crippen molar-refractivity contribution in [3.8, 4) is 0 Å². The number of anilines is 4. The Labute approximate surface area is 290 Å². The third-order valence-electron chi connectivity index (χ3n) is 8.55. The number of para-hydroxylation sites is 2. The van der Waals surface area contributed by atoms with Gasteiger partial charge in [0.25, 0.3) is 0 Å². The van der Waals surface area contributed by atoms with E-state index in [1.807, 2.05) is 35.7 Å². The summed E-state index contributed by atoms with van der Waals surface area (Å²) in [5, 5.41) is 2.98. The van der Waals surface area contributed by atoms with Gasteiger partial charge in [0.2, 0.25) is 0 Å². The number of nitrogens with zero attached hydrogens (tertiary/aromatic N) is 3. The third kappa shape index (κ3) is 6.14. The summed E-state index contributed by atoms with van der Waals surface area (Å²) < 4.78 is 0. The van der Waals surface area contributed by atoms with Gasteiger partial charge in [0.05, 0.1) is 27.5 Å². The van der Waals surface area contributed by atoms with Crippen LogP contribution in [0.15, 0.2) is 153 Å². The smallest absolute Gasteiger partial charge is 0.0985 e. The van der Waals surface area contributed by atoms with E-state index in [9.17, 15) is 0 Å². The predicted molar refractivity (Wildman–Crippen MR) is 201 cm³/mol.